The number of aromatic hydroxyl groups is 1. The van der Waals surface area contributed by atoms with Crippen LogP contribution in [-0.2, 0) is 4.74 Å². The SMILES string of the molecule is O=C(OC1CN2CCC1CC2)c1ccccc1O. The molecule has 4 heteroatoms. The summed E-state index contributed by atoms with van der Waals surface area (Å²) >= 11 is 0. The molecule has 3 saturated heterocycles. The van der Waals surface area contributed by atoms with Crippen molar-refractivity contribution in [1.29, 1.82) is 0 Å². The number of carbonyl (C=O) groups excluding carboxylic acids is 1. The van der Waals surface area contributed by atoms with E-state index in [1.165, 1.54) is 6.07 Å². The van der Waals surface area contributed by atoms with Crippen molar-refractivity contribution >= 4 is 5.97 Å². The number of phenols is 1. The van der Waals surface area contributed by atoms with E-state index in [0.717, 1.165) is 32.5 Å². The molecule has 3 aliphatic rings. The van der Waals surface area contributed by atoms with Gasteiger partial charge in [0.2, 0.25) is 0 Å². The Bertz CT molecular complexity index is 452. The summed E-state index contributed by atoms with van der Waals surface area (Å²) in [4.78, 5) is 14.3. The van der Waals surface area contributed by atoms with Crippen molar-refractivity contribution in [3.63, 3.8) is 0 Å². The van der Waals surface area contributed by atoms with Crippen LogP contribution < -0.4 is 0 Å². The fraction of sp³-hybridized carbons (Fsp3) is 0.500. The molecule has 3 fully saturated rings. The third kappa shape index (κ3) is 2.08. The van der Waals surface area contributed by atoms with Gasteiger partial charge in [0.05, 0.1) is 0 Å². The highest BCUT2D eigenvalue weighted by Crippen LogP contribution is 2.30. The van der Waals surface area contributed by atoms with E-state index in [9.17, 15) is 9.90 Å². The molecule has 0 spiro atoms. The Balaban J connectivity index is 1.70. The number of esters is 1. The molecule has 96 valence electrons. The molecule has 0 aliphatic carbocycles. The second-order valence-corrected chi connectivity index (χ2v) is 5.10. The molecule has 1 N–H and O–H groups in total. The van der Waals surface area contributed by atoms with E-state index in [2.05, 4.69) is 4.90 Å². The first kappa shape index (κ1) is 11.5. The van der Waals surface area contributed by atoms with Crippen LogP contribution in [0.5, 0.6) is 5.75 Å². The van der Waals surface area contributed by atoms with Crippen molar-refractivity contribution in [3.05, 3.63) is 29.8 Å². The molecule has 4 rings (SSSR count). The first-order chi connectivity index (χ1) is 8.74. The Kier molecular flexibility index (Phi) is 2.96. The molecule has 4 nitrogen and oxygen atoms in total. The van der Waals surface area contributed by atoms with E-state index in [-0.39, 0.29) is 17.4 Å². The predicted molar refractivity (Wildman–Crippen MR) is 66.5 cm³/mol. The zero-order chi connectivity index (χ0) is 12.5. The Labute approximate surface area is 106 Å². The molecule has 1 aromatic rings. The number of piperidine rings is 3. The number of para-hydroxylation sites is 1. The molecule has 3 heterocycles. The van der Waals surface area contributed by atoms with Crippen LogP contribution in [0.1, 0.15) is 23.2 Å². The molecule has 0 saturated carbocycles. The highest BCUT2D eigenvalue weighted by molar-refractivity contribution is 5.92. The number of fused-ring (bicyclic) bond motifs is 3. The quantitative estimate of drug-likeness (QED) is 0.807. The maximum atomic E-state index is 12.0. The van der Waals surface area contributed by atoms with E-state index >= 15 is 0 Å². The van der Waals surface area contributed by atoms with Crippen molar-refractivity contribution in [1.82, 2.24) is 4.90 Å². The van der Waals surface area contributed by atoms with Gasteiger partial charge in [0.15, 0.2) is 0 Å². The molecule has 2 bridgehead atoms. The van der Waals surface area contributed by atoms with Gasteiger partial charge in [-0.2, -0.15) is 0 Å². The van der Waals surface area contributed by atoms with Crippen LogP contribution in [0.3, 0.4) is 0 Å². The van der Waals surface area contributed by atoms with Crippen molar-refractivity contribution < 1.29 is 14.6 Å². The lowest BCUT2D eigenvalue weighted by molar-refractivity contribution is -0.0457. The first-order valence-corrected chi connectivity index (χ1v) is 6.45. The fourth-order valence-electron chi connectivity index (χ4n) is 2.89. The van der Waals surface area contributed by atoms with Crippen molar-refractivity contribution in [2.75, 3.05) is 19.6 Å². The van der Waals surface area contributed by atoms with Crippen LogP contribution in [0.2, 0.25) is 0 Å². The van der Waals surface area contributed by atoms with E-state index < -0.39 is 5.97 Å². The van der Waals surface area contributed by atoms with Crippen LogP contribution in [0.4, 0.5) is 0 Å². The fourth-order valence-corrected chi connectivity index (χ4v) is 2.89. The standard InChI is InChI=1S/C14H17NO3/c16-12-4-2-1-3-11(12)14(17)18-13-9-15-7-5-10(13)6-8-15/h1-4,10,13,16H,5-9H2. The molecular formula is C14H17NO3. The molecule has 1 aromatic carbocycles. The zero-order valence-electron chi connectivity index (χ0n) is 10.2. The van der Waals surface area contributed by atoms with E-state index in [4.69, 9.17) is 4.74 Å². The van der Waals surface area contributed by atoms with Crippen molar-refractivity contribution in [2.24, 2.45) is 5.92 Å². The lowest BCUT2D eigenvalue weighted by Crippen LogP contribution is -2.51. The summed E-state index contributed by atoms with van der Waals surface area (Å²) in [5, 5.41) is 9.63. The second kappa shape index (κ2) is 4.61. The summed E-state index contributed by atoms with van der Waals surface area (Å²) in [7, 11) is 0. The number of rotatable bonds is 2. The number of phenolic OH excluding ortho intramolecular Hbond substituents is 1. The average molecular weight is 247 g/mol. The van der Waals surface area contributed by atoms with Gasteiger partial charge in [0, 0.05) is 6.54 Å². The lowest BCUT2D eigenvalue weighted by atomic mass is 9.86. The zero-order valence-corrected chi connectivity index (χ0v) is 10.2. The topological polar surface area (TPSA) is 49.8 Å². The normalized spacial score (nSPS) is 30.1. The molecule has 1 atom stereocenters. The van der Waals surface area contributed by atoms with Crippen LogP contribution in [0.15, 0.2) is 24.3 Å². The van der Waals surface area contributed by atoms with Gasteiger partial charge in [-0.05, 0) is 44.0 Å². The average Bonchev–Trinajstić information content (AvgIpc) is 2.40. The number of carbonyl (C=O) groups is 1. The number of benzene rings is 1. The third-order valence-corrected chi connectivity index (χ3v) is 3.98. The minimum atomic E-state index is -0.410. The number of nitrogens with zero attached hydrogens (tertiary/aromatic N) is 1. The molecule has 1 unspecified atom stereocenters. The van der Waals surface area contributed by atoms with Gasteiger partial charge in [0.1, 0.15) is 17.4 Å². The van der Waals surface area contributed by atoms with Gasteiger partial charge < -0.3 is 9.84 Å². The number of hydrogen-bond donors (Lipinski definition) is 1. The second-order valence-electron chi connectivity index (χ2n) is 5.10. The lowest BCUT2D eigenvalue weighted by Gasteiger charge is -2.43. The van der Waals surface area contributed by atoms with Gasteiger partial charge in [-0.25, -0.2) is 4.79 Å². The maximum Gasteiger partial charge on any atom is 0.342 e. The molecule has 0 aromatic heterocycles. The Morgan fingerprint density at radius 2 is 2.00 bits per heavy atom. The Hall–Kier alpha value is -1.55. The smallest absolute Gasteiger partial charge is 0.342 e. The largest absolute Gasteiger partial charge is 0.507 e. The summed E-state index contributed by atoms with van der Waals surface area (Å²) < 4.78 is 5.55. The minimum absolute atomic E-state index is 0.0104. The monoisotopic (exact) mass is 247 g/mol. The van der Waals surface area contributed by atoms with Crippen LogP contribution in [-0.4, -0.2) is 41.7 Å². The summed E-state index contributed by atoms with van der Waals surface area (Å²) in [5.74, 6) is 0.0698. The highest BCUT2D eigenvalue weighted by Gasteiger charge is 2.36. The van der Waals surface area contributed by atoms with Gasteiger partial charge >= 0.3 is 5.97 Å². The highest BCUT2D eigenvalue weighted by atomic mass is 16.5. The van der Waals surface area contributed by atoms with Gasteiger partial charge in [-0.3, -0.25) is 4.90 Å². The Morgan fingerprint density at radius 3 is 2.61 bits per heavy atom. The van der Waals surface area contributed by atoms with E-state index in [1.54, 1.807) is 18.2 Å². The maximum absolute atomic E-state index is 12.0. The van der Waals surface area contributed by atoms with E-state index in [0.29, 0.717) is 5.92 Å². The third-order valence-electron chi connectivity index (χ3n) is 3.98. The Morgan fingerprint density at radius 1 is 1.28 bits per heavy atom. The molecule has 0 radical (unpaired) electrons. The van der Waals surface area contributed by atoms with Gasteiger partial charge in [-0.1, -0.05) is 12.1 Å². The van der Waals surface area contributed by atoms with Crippen LogP contribution >= 0.6 is 0 Å². The molecule has 3 aliphatic heterocycles. The van der Waals surface area contributed by atoms with E-state index in [1.807, 2.05) is 0 Å². The summed E-state index contributed by atoms with van der Waals surface area (Å²) in [6.45, 7) is 3.08. The summed E-state index contributed by atoms with van der Waals surface area (Å²) in [6.07, 6.45) is 2.21. The van der Waals surface area contributed by atoms with Gasteiger partial charge in [-0.15, -0.1) is 0 Å². The number of ether oxygens (including phenoxy) is 1. The van der Waals surface area contributed by atoms with Gasteiger partial charge in [0.25, 0.3) is 0 Å². The van der Waals surface area contributed by atoms with Crippen molar-refractivity contribution in [3.8, 4) is 5.75 Å². The van der Waals surface area contributed by atoms with Crippen molar-refractivity contribution in [2.45, 2.75) is 18.9 Å². The predicted octanol–water partition coefficient (Wildman–Crippen LogP) is 1.64. The summed E-state index contributed by atoms with van der Waals surface area (Å²) in [6, 6.07) is 6.53. The molecule has 0 amide bonds. The van der Waals surface area contributed by atoms with Crippen LogP contribution in [0, 0.1) is 5.92 Å². The minimum Gasteiger partial charge on any atom is -0.507 e. The summed E-state index contributed by atoms with van der Waals surface area (Å²) in [5.41, 5.74) is 0.258. The first-order valence-electron chi connectivity index (χ1n) is 6.45. The molecule has 18 heavy (non-hydrogen) atoms. The van der Waals surface area contributed by atoms with Crippen LogP contribution in [0.25, 0.3) is 0 Å². The molecular weight excluding hydrogens is 230 g/mol. The number of hydrogen-bond acceptors (Lipinski definition) is 4.